The van der Waals surface area contributed by atoms with Gasteiger partial charge in [-0.3, -0.25) is 0 Å². The van der Waals surface area contributed by atoms with E-state index in [0.717, 1.165) is 19.4 Å². The van der Waals surface area contributed by atoms with Gasteiger partial charge in [0.2, 0.25) is 11.8 Å². The Morgan fingerprint density at radius 1 is 1.47 bits per heavy atom. The molecule has 0 spiro atoms. The molecule has 5 heteroatoms. The predicted octanol–water partition coefficient (Wildman–Crippen LogP) is 2.31. The van der Waals surface area contributed by atoms with Crippen molar-refractivity contribution < 1.29 is 4.74 Å². The standard InChI is InChI=1S/C10H16ClN3O/c1-2-15-9-5-8-13-10(14-9)12-7-4-3-6-11/h5,8H,2-4,6-7H2,1H3,(H,12,13,14). The van der Waals surface area contributed by atoms with E-state index in [1.165, 1.54) is 0 Å². The number of aromatic nitrogens is 2. The second-order valence-electron chi connectivity index (χ2n) is 2.97. The van der Waals surface area contributed by atoms with Crippen LogP contribution >= 0.6 is 11.6 Å². The highest BCUT2D eigenvalue weighted by Crippen LogP contribution is 2.08. The third kappa shape index (κ3) is 4.83. The zero-order valence-corrected chi connectivity index (χ0v) is 9.63. The molecule has 1 N–H and O–H groups in total. The fourth-order valence-corrected chi connectivity index (χ4v) is 1.26. The van der Waals surface area contributed by atoms with Gasteiger partial charge in [-0.15, -0.1) is 11.6 Å². The van der Waals surface area contributed by atoms with Crippen LogP contribution in [0.5, 0.6) is 5.88 Å². The van der Waals surface area contributed by atoms with E-state index in [1.807, 2.05) is 6.92 Å². The van der Waals surface area contributed by atoms with Crippen molar-refractivity contribution >= 4 is 17.5 Å². The van der Waals surface area contributed by atoms with Crippen LogP contribution in [0.25, 0.3) is 0 Å². The molecule has 0 saturated carbocycles. The molecule has 0 saturated heterocycles. The van der Waals surface area contributed by atoms with Crippen LogP contribution in [0.4, 0.5) is 5.95 Å². The molecule has 1 aromatic rings. The highest BCUT2D eigenvalue weighted by Gasteiger charge is 1.98. The highest BCUT2D eigenvalue weighted by molar-refractivity contribution is 6.17. The van der Waals surface area contributed by atoms with Gasteiger partial charge >= 0.3 is 0 Å². The first kappa shape index (κ1) is 12.0. The molecule has 4 nitrogen and oxygen atoms in total. The Morgan fingerprint density at radius 2 is 2.33 bits per heavy atom. The number of nitrogens with one attached hydrogen (secondary N) is 1. The van der Waals surface area contributed by atoms with E-state index in [-0.39, 0.29) is 0 Å². The molecule has 0 fully saturated rings. The Balaban J connectivity index is 2.36. The Hall–Kier alpha value is -1.03. The third-order valence-electron chi connectivity index (χ3n) is 1.77. The molecule has 1 rings (SSSR count). The molecule has 0 amide bonds. The minimum atomic E-state index is 0.604. The lowest BCUT2D eigenvalue weighted by Gasteiger charge is -2.05. The van der Waals surface area contributed by atoms with Crippen molar-refractivity contribution in [3.05, 3.63) is 12.3 Å². The predicted molar refractivity (Wildman–Crippen MR) is 61.6 cm³/mol. The Bertz CT molecular complexity index is 283. The molecule has 84 valence electrons. The van der Waals surface area contributed by atoms with Crippen molar-refractivity contribution in [3.63, 3.8) is 0 Å². The average Bonchev–Trinajstić information content (AvgIpc) is 2.26. The summed E-state index contributed by atoms with van der Waals surface area (Å²) in [6.07, 6.45) is 3.70. The normalized spacial score (nSPS) is 10.0. The minimum absolute atomic E-state index is 0.604. The quantitative estimate of drug-likeness (QED) is 0.576. The lowest BCUT2D eigenvalue weighted by molar-refractivity contribution is 0.326. The maximum atomic E-state index is 5.57. The van der Waals surface area contributed by atoms with E-state index in [0.29, 0.717) is 24.3 Å². The first-order chi connectivity index (χ1) is 7.36. The fourth-order valence-electron chi connectivity index (χ4n) is 1.08. The number of rotatable bonds is 7. The summed E-state index contributed by atoms with van der Waals surface area (Å²) in [4.78, 5) is 8.27. The molecule has 0 atom stereocenters. The summed E-state index contributed by atoms with van der Waals surface area (Å²) >= 11 is 5.57. The van der Waals surface area contributed by atoms with Crippen molar-refractivity contribution in [3.8, 4) is 5.88 Å². The van der Waals surface area contributed by atoms with E-state index >= 15 is 0 Å². The number of ether oxygens (including phenoxy) is 1. The maximum Gasteiger partial charge on any atom is 0.225 e. The van der Waals surface area contributed by atoms with E-state index in [1.54, 1.807) is 12.3 Å². The zero-order chi connectivity index (χ0) is 10.9. The van der Waals surface area contributed by atoms with Crippen LogP contribution in [0.1, 0.15) is 19.8 Å². The van der Waals surface area contributed by atoms with Gasteiger partial charge in [0, 0.05) is 24.7 Å². The van der Waals surface area contributed by atoms with E-state index in [9.17, 15) is 0 Å². The van der Waals surface area contributed by atoms with Crippen LogP contribution in [0, 0.1) is 0 Å². The molecule has 1 heterocycles. The summed E-state index contributed by atoms with van der Waals surface area (Å²) in [5, 5.41) is 3.12. The fraction of sp³-hybridized carbons (Fsp3) is 0.600. The number of halogens is 1. The number of hydrogen-bond acceptors (Lipinski definition) is 4. The summed E-state index contributed by atoms with van der Waals surface area (Å²) in [6, 6.07) is 1.74. The van der Waals surface area contributed by atoms with Crippen LogP contribution in [0.2, 0.25) is 0 Å². The Labute approximate surface area is 95.0 Å². The van der Waals surface area contributed by atoms with Gasteiger partial charge in [0.05, 0.1) is 6.61 Å². The Morgan fingerprint density at radius 3 is 3.07 bits per heavy atom. The van der Waals surface area contributed by atoms with Crippen LogP contribution in [0.3, 0.4) is 0 Å². The zero-order valence-electron chi connectivity index (χ0n) is 8.87. The molecular weight excluding hydrogens is 214 g/mol. The lowest BCUT2D eigenvalue weighted by atomic mass is 10.3. The van der Waals surface area contributed by atoms with E-state index in [4.69, 9.17) is 16.3 Å². The summed E-state index contributed by atoms with van der Waals surface area (Å²) in [7, 11) is 0. The van der Waals surface area contributed by atoms with Crippen LogP contribution in [0.15, 0.2) is 12.3 Å². The number of alkyl halides is 1. The molecule has 0 aliphatic heterocycles. The SMILES string of the molecule is CCOc1ccnc(NCCCCCl)n1. The second kappa shape index (κ2) is 7.29. The van der Waals surface area contributed by atoms with Gasteiger partial charge in [0.1, 0.15) is 0 Å². The largest absolute Gasteiger partial charge is 0.478 e. The van der Waals surface area contributed by atoms with Crippen LogP contribution in [-0.2, 0) is 0 Å². The molecular formula is C10H16ClN3O. The monoisotopic (exact) mass is 229 g/mol. The molecule has 0 radical (unpaired) electrons. The number of unbranched alkanes of at least 4 members (excludes halogenated alkanes) is 1. The summed E-state index contributed by atoms with van der Waals surface area (Å²) in [5.74, 6) is 1.91. The molecule has 0 aliphatic carbocycles. The number of nitrogens with zero attached hydrogens (tertiary/aromatic N) is 2. The van der Waals surface area contributed by atoms with E-state index in [2.05, 4.69) is 15.3 Å². The van der Waals surface area contributed by atoms with Crippen molar-refractivity contribution in [1.82, 2.24) is 9.97 Å². The molecule has 0 unspecified atom stereocenters. The van der Waals surface area contributed by atoms with Crippen molar-refractivity contribution in [2.45, 2.75) is 19.8 Å². The first-order valence-corrected chi connectivity index (χ1v) is 5.66. The van der Waals surface area contributed by atoms with Gasteiger partial charge in [0.25, 0.3) is 0 Å². The first-order valence-electron chi connectivity index (χ1n) is 5.12. The second-order valence-corrected chi connectivity index (χ2v) is 3.35. The average molecular weight is 230 g/mol. The summed E-state index contributed by atoms with van der Waals surface area (Å²) < 4.78 is 5.26. The van der Waals surface area contributed by atoms with E-state index < -0.39 is 0 Å². The van der Waals surface area contributed by atoms with Crippen LogP contribution in [-0.4, -0.2) is 29.0 Å². The molecule has 0 aliphatic rings. The summed E-state index contributed by atoms with van der Waals surface area (Å²) in [6.45, 7) is 3.38. The molecule has 1 aromatic heterocycles. The number of hydrogen-bond donors (Lipinski definition) is 1. The van der Waals surface area contributed by atoms with Crippen LogP contribution < -0.4 is 10.1 Å². The van der Waals surface area contributed by atoms with Gasteiger partial charge < -0.3 is 10.1 Å². The topological polar surface area (TPSA) is 47.0 Å². The van der Waals surface area contributed by atoms with Crippen molar-refractivity contribution in [2.75, 3.05) is 24.3 Å². The van der Waals surface area contributed by atoms with Gasteiger partial charge in [-0.05, 0) is 19.8 Å². The maximum absolute atomic E-state index is 5.57. The van der Waals surface area contributed by atoms with Gasteiger partial charge in [0.15, 0.2) is 0 Å². The third-order valence-corrected chi connectivity index (χ3v) is 2.03. The molecule has 15 heavy (non-hydrogen) atoms. The van der Waals surface area contributed by atoms with Crippen molar-refractivity contribution in [2.24, 2.45) is 0 Å². The molecule has 0 bridgehead atoms. The minimum Gasteiger partial charge on any atom is -0.478 e. The van der Waals surface area contributed by atoms with Gasteiger partial charge in [-0.25, -0.2) is 4.98 Å². The Kier molecular flexibility index (Phi) is 5.85. The number of anilines is 1. The molecule has 0 aromatic carbocycles. The smallest absolute Gasteiger partial charge is 0.225 e. The van der Waals surface area contributed by atoms with Gasteiger partial charge in [-0.1, -0.05) is 0 Å². The van der Waals surface area contributed by atoms with Gasteiger partial charge in [-0.2, -0.15) is 4.98 Å². The lowest BCUT2D eigenvalue weighted by Crippen LogP contribution is -2.06. The van der Waals surface area contributed by atoms with Crippen molar-refractivity contribution in [1.29, 1.82) is 0 Å². The highest BCUT2D eigenvalue weighted by atomic mass is 35.5. The summed E-state index contributed by atoms with van der Waals surface area (Å²) in [5.41, 5.74) is 0.